The van der Waals surface area contributed by atoms with Gasteiger partial charge in [0.25, 0.3) is 0 Å². The third kappa shape index (κ3) is 8.09. The summed E-state index contributed by atoms with van der Waals surface area (Å²) in [5, 5.41) is 17.8. The molecule has 24 heavy (non-hydrogen) atoms. The summed E-state index contributed by atoms with van der Waals surface area (Å²) in [6, 6.07) is 5.76. The zero-order valence-corrected chi connectivity index (χ0v) is 13.9. The van der Waals surface area contributed by atoms with Gasteiger partial charge < -0.3 is 19.7 Å². The lowest BCUT2D eigenvalue weighted by Gasteiger charge is -2.08. The molecular weight excluding hydrogens is 316 g/mol. The molecule has 132 valence electrons. The summed E-state index contributed by atoms with van der Waals surface area (Å²) in [6.07, 6.45) is -0.777. The molecule has 1 rings (SSSR count). The normalized spacial score (nSPS) is 10.7. The molecule has 2 N–H and O–H groups in total. The van der Waals surface area contributed by atoms with E-state index in [1.54, 1.807) is 19.9 Å². The molecule has 0 saturated carbocycles. The summed E-state index contributed by atoms with van der Waals surface area (Å²) in [7, 11) is 0. The number of aliphatic hydroxyl groups excluding tert-OH is 1. The number of hydrogen-bond acceptors (Lipinski definition) is 6. The van der Waals surface area contributed by atoms with Gasteiger partial charge in [0, 0.05) is 5.57 Å². The molecule has 1 aromatic rings. The number of rotatable bonds is 6. The van der Waals surface area contributed by atoms with Gasteiger partial charge >= 0.3 is 17.9 Å². The van der Waals surface area contributed by atoms with Crippen LogP contribution in [0.25, 0.3) is 0 Å². The van der Waals surface area contributed by atoms with Crippen LogP contribution in [0.15, 0.2) is 36.4 Å². The first-order valence-corrected chi connectivity index (χ1v) is 7.20. The third-order valence-electron chi connectivity index (χ3n) is 2.46. The van der Waals surface area contributed by atoms with Gasteiger partial charge in [0.05, 0.1) is 23.8 Å². The molecule has 7 nitrogen and oxygen atoms in total. The number of esters is 2. The first-order chi connectivity index (χ1) is 11.2. The van der Waals surface area contributed by atoms with Crippen LogP contribution in [0.1, 0.15) is 41.5 Å². The number of ether oxygens (including phenoxy) is 2. The molecule has 0 amide bonds. The molecule has 0 radical (unpaired) electrons. The van der Waals surface area contributed by atoms with E-state index in [0.717, 1.165) is 0 Å². The van der Waals surface area contributed by atoms with Gasteiger partial charge in [-0.3, -0.25) is 0 Å². The number of aromatic carboxylic acids is 1. The minimum absolute atomic E-state index is 0.0179. The van der Waals surface area contributed by atoms with Crippen molar-refractivity contribution in [1.29, 1.82) is 0 Å². The molecular formula is C17H22O7. The van der Waals surface area contributed by atoms with E-state index >= 15 is 0 Å². The first-order valence-electron chi connectivity index (χ1n) is 7.20. The van der Waals surface area contributed by atoms with E-state index in [0.29, 0.717) is 12.2 Å². The van der Waals surface area contributed by atoms with Crippen molar-refractivity contribution in [3.05, 3.63) is 47.5 Å². The van der Waals surface area contributed by atoms with Crippen LogP contribution in [-0.2, 0) is 14.3 Å². The number of benzene rings is 1. The Morgan fingerprint density at radius 2 is 1.71 bits per heavy atom. The highest BCUT2D eigenvalue weighted by molar-refractivity contribution is 6.02. The zero-order valence-electron chi connectivity index (χ0n) is 13.9. The second-order valence-electron chi connectivity index (χ2n) is 4.80. The van der Waals surface area contributed by atoms with Gasteiger partial charge in [0.15, 0.2) is 0 Å². The molecule has 0 saturated heterocycles. The summed E-state index contributed by atoms with van der Waals surface area (Å²) >= 11 is 0. The molecule has 0 aliphatic rings. The number of hydrogen-bond donors (Lipinski definition) is 2. The first kappa shape index (κ1) is 21.3. The Morgan fingerprint density at radius 1 is 1.17 bits per heavy atom. The maximum Gasteiger partial charge on any atom is 0.339 e. The lowest BCUT2D eigenvalue weighted by molar-refractivity contribution is -0.138. The third-order valence-corrected chi connectivity index (χ3v) is 2.46. The average molecular weight is 338 g/mol. The van der Waals surface area contributed by atoms with E-state index in [-0.39, 0.29) is 23.7 Å². The van der Waals surface area contributed by atoms with Gasteiger partial charge in [-0.15, -0.1) is 0 Å². The van der Waals surface area contributed by atoms with E-state index in [4.69, 9.17) is 14.9 Å². The van der Waals surface area contributed by atoms with Crippen molar-refractivity contribution < 1.29 is 34.1 Å². The Bertz CT molecular complexity index is 590. The SMILES string of the molecule is C=C(C)C(=O)OCC.CC(O)COC(=O)c1ccccc1C(=O)O. The highest BCUT2D eigenvalue weighted by atomic mass is 16.5. The van der Waals surface area contributed by atoms with Crippen molar-refractivity contribution in [3.8, 4) is 0 Å². The van der Waals surface area contributed by atoms with Crippen molar-refractivity contribution in [1.82, 2.24) is 0 Å². The maximum absolute atomic E-state index is 11.5. The van der Waals surface area contributed by atoms with E-state index < -0.39 is 18.0 Å². The van der Waals surface area contributed by atoms with Crippen molar-refractivity contribution in [2.75, 3.05) is 13.2 Å². The Hall–Kier alpha value is -2.67. The summed E-state index contributed by atoms with van der Waals surface area (Å²) < 4.78 is 9.29. The highest BCUT2D eigenvalue weighted by Gasteiger charge is 2.17. The van der Waals surface area contributed by atoms with Gasteiger partial charge in [-0.1, -0.05) is 18.7 Å². The van der Waals surface area contributed by atoms with Gasteiger partial charge in [-0.2, -0.15) is 0 Å². The van der Waals surface area contributed by atoms with Crippen LogP contribution in [0.5, 0.6) is 0 Å². The number of carbonyl (C=O) groups excluding carboxylic acids is 2. The molecule has 0 aliphatic carbocycles. The van der Waals surface area contributed by atoms with Crippen LogP contribution in [-0.4, -0.2) is 47.4 Å². The van der Waals surface area contributed by atoms with E-state index in [2.05, 4.69) is 11.3 Å². The van der Waals surface area contributed by atoms with Gasteiger partial charge in [-0.05, 0) is 32.9 Å². The van der Waals surface area contributed by atoms with Gasteiger partial charge in [0.1, 0.15) is 6.61 Å². The minimum atomic E-state index is -1.19. The standard InChI is InChI=1S/C11H12O5.C6H10O2/c1-7(12)6-16-11(15)9-5-3-2-4-8(9)10(13)14;1-4-8-6(7)5(2)3/h2-5,7,12H,6H2,1H3,(H,13,14);2,4H2,1,3H3. The fraction of sp³-hybridized carbons (Fsp3) is 0.353. The summed E-state index contributed by atoms with van der Waals surface area (Å²) in [5.41, 5.74) is 0.320. The number of carboxylic acids is 1. The topological polar surface area (TPSA) is 110 Å². The average Bonchev–Trinajstić information content (AvgIpc) is 2.53. The largest absolute Gasteiger partial charge is 0.478 e. The van der Waals surface area contributed by atoms with Crippen LogP contribution in [0.2, 0.25) is 0 Å². The Balaban J connectivity index is 0.000000561. The minimum Gasteiger partial charge on any atom is -0.478 e. The molecule has 0 bridgehead atoms. The zero-order chi connectivity index (χ0) is 18.7. The number of carboxylic acid groups (broad SMARTS) is 1. The molecule has 1 aromatic carbocycles. The second-order valence-corrected chi connectivity index (χ2v) is 4.80. The van der Waals surface area contributed by atoms with Crippen molar-refractivity contribution in [3.63, 3.8) is 0 Å². The fourth-order valence-corrected chi connectivity index (χ4v) is 1.38. The van der Waals surface area contributed by atoms with Gasteiger partial charge in [0.2, 0.25) is 0 Å². The molecule has 0 aliphatic heterocycles. The smallest absolute Gasteiger partial charge is 0.339 e. The van der Waals surface area contributed by atoms with E-state index in [1.807, 2.05) is 0 Å². The number of aliphatic hydroxyl groups is 1. The molecule has 7 heteroatoms. The van der Waals surface area contributed by atoms with E-state index in [1.165, 1.54) is 25.1 Å². The van der Waals surface area contributed by atoms with Crippen LogP contribution in [0.4, 0.5) is 0 Å². The van der Waals surface area contributed by atoms with Crippen LogP contribution >= 0.6 is 0 Å². The lowest BCUT2D eigenvalue weighted by atomic mass is 10.1. The van der Waals surface area contributed by atoms with Crippen molar-refractivity contribution >= 4 is 17.9 Å². The molecule has 0 fully saturated rings. The predicted molar refractivity (Wildman–Crippen MR) is 86.8 cm³/mol. The maximum atomic E-state index is 11.5. The molecule has 1 unspecified atom stereocenters. The van der Waals surface area contributed by atoms with Crippen LogP contribution < -0.4 is 0 Å². The predicted octanol–water partition coefficient (Wildman–Crippen LogP) is 2.05. The quantitative estimate of drug-likeness (QED) is 0.603. The summed E-state index contributed by atoms with van der Waals surface area (Å²) in [6.45, 7) is 8.52. The van der Waals surface area contributed by atoms with E-state index in [9.17, 15) is 14.4 Å². The highest BCUT2D eigenvalue weighted by Crippen LogP contribution is 2.10. The summed E-state index contributed by atoms with van der Waals surface area (Å²) in [4.78, 5) is 32.7. The molecule has 1 atom stereocenters. The van der Waals surface area contributed by atoms with Crippen LogP contribution in [0, 0.1) is 0 Å². The monoisotopic (exact) mass is 338 g/mol. The Morgan fingerprint density at radius 3 is 2.08 bits per heavy atom. The Kier molecular flexibility index (Phi) is 9.74. The number of carbonyl (C=O) groups is 3. The molecule has 0 heterocycles. The van der Waals surface area contributed by atoms with Gasteiger partial charge in [-0.25, -0.2) is 14.4 Å². The summed E-state index contributed by atoms with van der Waals surface area (Å²) in [5.74, 6) is -2.25. The molecule has 0 aromatic heterocycles. The fourth-order valence-electron chi connectivity index (χ4n) is 1.38. The van der Waals surface area contributed by atoms with Crippen molar-refractivity contribution in [2.45, 2.75) is 26.9 Å². The molecule has 0 spiro atoms. The second kappa shape index (κ2) is 11.0. The van der Waals surface area contributed by atoms with Crippen molar-refractivity contribution in [2.24, 2.45) is 0 Å². The van der Waals surface area contributed by atoms with Crippen LogP contribution in [0.3, 0.4) is 0 Å². The Labute approximate surface area is 140 Å². The lowest BCUT2D eigenvalue weighted by Crippen LogP contribution is -2.17.